The van der Waals surface area contributed by atoms with Crippen molar-refractivity contribution in [2.24, 2.45) is 0 Å². The Balaban J connectivity index is 1.99. The molecule has 7 heteroatoms. The molecule has 1 fully saturated rings. The molecule has 4 rings (SSSR count). The van der Waals surface area contributed by atoms with E-state index in [1.165, 1.54) is 18.9 Å². The SMILES string of the molecule is COc1cccc(N2C(=O)C(=O)/C(=C(/O)c3cc(C(C)(C)C)ccc3C)C2c2cccc(OC(C)=O)c2)c1. The lowest BCUT2D eigenvalue weighted by Crippen LogP contribution is -2.29. The number of ketones is 1. The standard InChI is InChI=1S/C31H31NO6/c1-18-13-14-21(31(3,4)5)16-25(18)28(34)26-27(20-9-7-12-24(15-20)38-19(2)33)32(30(36)29(26)35)22-10-8-11-23(17-22)37-6/h7-17,27,34H,1-6H3/b28-26+. The third-order valence-electron chi connectivity index (χ3n) is 6.57. The number of nitrogens with zero attached hydrogens (tertiary/aromatic N) is 1. The fraction of sp³-hybridized carbons (Fsp3) is 0.258. The third-order valence-corrected chi connectivity index (χ3v) is 6.57. The van der Waals surface area contributed by atoms with E-state index in [4.69, 9.17) is 9.47 Å². The summed E-state index contributed by atoms with van der Waals surface area (Å²) >= 11 is 0. The van der Waals surface area contributed by atoms with Gasteiger partial charge < -0.3 is 14.6 Å². The van der Waals surface area contributed by atoms with Crippen LogP contribution in [0, 0.1) is 6.92 Å². The summed E-state index contributed by atoms with van der Waals surface area (Å²) in [6, 6.07) is 18.2. The van der Waals surface area contributed by atoms with E-state index in [1.54, 1.807) is 48.5 Å². The largest absolute Gasteiger partial charge is 0.507 e. The zero-order chi connectivity index (χ0) is 27.8. The number of hydrogen-bond acceptors (Lipinski definition) is 6. The summed E-state index contributed by atoms with van der Waals surface area (Å²) in [6.45, 7) is 9.31. The molecule has 1 aliphatic heterocycles. The number of esters is 1. The first-order chi connectivity index (χ1) is 17.9. The van der Waals surface area contributed by atoms with Gasteiger partial charge in [-0.25, -0.2) is 0 Å². The number of hydrogen-bond donors (Lipinski definition) is 1. The van der Waals surface area contributed by atoms with Gasteiger partial charge in [0.25, 0.3) is 11.7 Å². The highest BCUT2D eigenvalue weighted by Gasteiger charge is 2.47. The van der Waals surface area contributed by atoms with Gasteiger partial charge in [-0.1, -0.05) is 51.1 Å². The van der Waals surface area contributed by atoms with Crippen LogP contribution in [0.3, 0.4) is 0 Å². The second-order valence-electron chi connectivity index (χ2n) is 10.3. The number of amides is 1. The number of benzene rings is 3. The summed E-state index contributed by atoms with van der Waals surface area (Å²) in [5, 5.41) is 11.7. The Morgan fingerprint density at radius 3 is 2.29 bits per heavy atom. The summed E-state index contributed by atoms with van der Waals surface area (Å²) in [4.78, 5) is 40.0. The van der Waals surface area contributed by atoms with Crippen LogP contribution >= 0.6 is 0 Å². The number of carbonyl (C=O) groups excluding carboxylic acids is 3. The number of aliphatic hydroxyl groups is 1. The van der Waals surface area contributed by atoms with Crippen LogP contribution in [-0.2, 0) is 19.8 Å². The summed E-state index contributed by atoms with van der Waals surface area (Å²) in [7, 11) is 1.51. The van der Waals surface area contributed by atoms with Gasteiger partial charge in [0.05, 0.1) is 18.7 Å². The van der Waals surface area contributed by atoms with Crippen molar-refractivity contribution in [3.8, 4) is 11.5 Å². The first-order valence-electron chi connectivity index (χ1n) is 12.3. The van der Waals surface area contributed by atoms with Crippen molar-refractivity contribution < 1.29 is 29.0 Å². The average Bonchev–Trinajstić information content (AvgIpc) is 3.13. The van der Waals surface area contributed by atoms with Gasteiger partial charge in [0.2, 0.25) is 0 Å². The Kier molecular flexibility index (Phi) is 7.14. The monoisotopic (exact) mass is 513 g/mol. The molecule has 0 radical (unpaired) electrons. The Bertz CT molecular complexity index is 1460. The molecule has 38 heavy (non-hydrogen) atoms. The van der Waals surface area contributed by atoms with Crippen LogP contribution in [0.4, 0.5) is 5.69 Å². The smallest absolute Gasteiger partial charge is 0.308 e. The minimum absolute atomic E-state index is 0.0491. The zero-order valence-electron chi connectivity index (χ0n) is 22.4. The van der Waals surface area contributed by atoms with Crippen LogP contribution in [0.15, 0.2) is 72.3 Å². The average molecular weight is 514 g/mol. The van der Waals surface area contributed by atoms with Crippen LogP contribution in [0.2, 0.25) is 0 Å². The molecule has 3 aromatic rings. The molecular weight excluding hydrogens is 482 g/mol. The fourth-order valence-corrected chi connectivity index (χ4v) is 4.58. The van der Waals surface area contributed by atoms with Crippen molar-refractivity contribution in [3.05, 3.63) is 94.6 Å². The summed E-state index contributed by atoms with van der Waals surface area (Å²) in [5.41, 5.74) is 2.88. The van der Waals surface area contributed by atoms with Crippen molar-refractivity contribution in [1.29, 1.82) is 0 Å². The number of aryl methyl sites for hydroxylation is 1. The molecular formula is C31H31NO6. The van der Waals surface area contributed by atoms with Crippen LogP contribution in [0.1, 0.15) is 56.0 Å². The number of Topliss-reactive ketones (excluding diaryl/α,β-unsaturated/α-hetero) is 1. The number of aliphatic hydroxyl groups excluding tert-OH is 1. The van der Waals surface area contributed by atoms with Crippen LogP contribution in [0.25, 0.3) is 5.76 Å². The molecule has 1 heterocycles. The second-order valence-corrected chi connectivity index (χ2v) is 10.3. The van der Waals surface area contributed by atoms with Crippen LogP contribution < -0.4 is 14.4 Å². The molecule has 7 nitrogen and oxygen atoms in total. The van der Waals surface area contributed by atoms with Crippen molar-refractivity contribution >= 4 is 29.1 Å². The maximum Gasteiger partial charge on any atom is 0.308 e. The molecule has 1 aliphatic rings. The van der Waals surface area contributed by atoms with Gasteiger partial charge in [-0.05, 0) is 59.4 Å². The minimum atomic E-state index is -0.977. The predicted octanol–water partition coefficient (Wildman–Crippen LogP) is 5.85. The highest BCUT2D eigenvalue weighted by atomic mass is 16.5. The number of methoxy groups -OCH3 is 1. The van der Waals surface area contributed by atoms with Crippen molar-refractivity contribution in [1.82, 2.24) is 0 Å². The summed E-state index contributed by atoms with van der Waals surface area (Å²) in [6.07, 6.45) is 0. The number of rotatable bonds is 5. The van der Waals surface area contributed by atoms with E-state index >= 15 is 0 Å². The van der Waals surface area contributed by atoms with Gasteiger partial charge >= 0.3 is 5.97 Å². The number of ether oxygens (including phenoxy) is 2. The molecule has 0 aliphatic carbocycles. The predicted molar refractivity (Wildman–Crippen MR) is 145 cm³/mol. The maximum absolute atomic E-state index is 13.6. The first kappa shape index (κ1) is 26.7. The van der Waals surface area contributed by atoms with Crippen molar-refractivity contribution in [2.75, 3.05) is 12.0 Å². The second kappa shape index (κ2) is 10.2. The van der Waals surface area contributed by atoms with Crippen molar-refractivity contribution in [2.45, 2.75) is 46.1 Å². The molecule has 196 valence electrons. The number of carbonyl (C=O) groups is 3. The van der Waals surface area contributed by atoms with E-state index in [2.05, 4.69) is 20.8 Å². The quantitative estimate of drug-likeness (QED) is 0.151. The number of anilines is 1. The van der Waals surface area contributed by atoms with Crippen LogP contribution in [-0.4, -0.2) is 29.9 Å². The molecule has 3 aromatic carbocycles. The molecule has 1 N–H and O–H groups in total. The third kappa shape index (κ3) is 5.05. The van der Waals surface area contributed by atoms with Gasteiger partial charge in [-0.15, -0.1) is 0 Å². The maximum atomic E-state index is 13.6. The molecule has 0 bridgehead atoms. The van der Waals surface area contributed by atoms with E-state index in [0.717, 1.165) is 11.1 Å². The van der Waals surface area contributed by atoms with Gasteiger partial charge in [-0.3, -0.25) is 19.3 Å². The molecule has 1 saturated heterocycles. The summed E-state index contributed by atoms with van der Waals surface area (Å²) in [5.74, 6) is -1.59. The van der Waals surface area contributed by atoms with Gasteiger partial charge in [0.1, 0.15) is 17.3 Å². The van der Waals surface area contributed by atoms with E-state index in [1.807, 2.05) is 25.1 Å². The normalized spacial score (nSPS) is 17.0. The van der Waals surface area contributed by atoms with Gasteiger partial charge in [0.15, 0.2) is 0 Å². The lowest BCUT2D eigenvalue weighted by Gasteiger charge is -2.26. The molecule has 1 atom stereocenters. The molecule has 0 spiro atoms. The first-order valence-corrected chi connectivity index (χ1v) is 12.3. The van der Waals surface area contributed by atoms with E-state index in [-0.39, 0.29) is 22.5 Å². The highest BCUT2D eigenvalue weighted by molar-refractivity contribution is 6.51. The lowest BCUT2D eigenvalue weighted by molar-refractivity contribution is -0.132. The van der Waals surface area contributed by atoms with Crippen molar-refractivity contribution in [3.63, 3.8) is 0 Å². The Morgan fingerprint density at radius 2 is 1.63 bits per heavy atom. The fourth-order valence-electron chi connectivity index (χ4n) is 4.58. The lowest BCUT2D eigenvalue weighted by atomic mass is 9.84. The minimum Gasteiger partial charge on any atom is -0.507 e. The van der Waals surface area contributed by atoms with Gasteiger partial charge in [-0.2, -0.15) is 0 Å². The molecule has 0 saturated carbocycles. The summed E-state index contributed by atoms with van der Waals surface area (Å²) < 4.78 is 10.6. The van der Waals surface area contributed by atoms with Crippen LogP contribution in [0.5, 0.6) is 11.5 Å². The Hall–Kier alpha value is -4.39. The van der Waals surface area contributed by atoms with E-state index in [0.29, 0.717) is 22.6 Å². The van der Waals surface area contributed by atoms with Gasteiger partial charge in [0, 0.05) is 24.2 Å². The topological polar surface area (TPSA) is 93.1 Å². The van der Waals surface area contributed by atoms with E-state index in [9.17, 15) is 19.5 Å². The molecule has 1 amide bonds. The molecule has 1 unspecified atom stereocenters. The Labute approximate surface area is 222 Å². The molecule has 0 aromatic heterocycles. The highest BCUT2D eigenvalue weighted by Crippen LogP contribution is 2.44. The van der Waals surface area contributed by atoms with E-state index < -0.39 is 23.7 Å². The zero-order valence-corrected chi connectivity index (χ0v) is 22.4. The Morgan fingerprint density at radius 1 is 0.947 bits per heavy atom.